The van der Waals surface area contributed by atoms with Gasteiger partial charge in [-0.1, -0.05) is 0 Å². The number of aromatic nitrogens is 4. The minimum absolute atomic E-state index is 0.0208. The minimum atomic E-state index is -4.50. The van der Waals surface area contributed by atoms with Crippen LogP contribution in [-0.2, 0) is 19.1 Å². The van der Waals surface area contributed by atoms with E-state index >= 15 is 0 Å². The van der Waals surface area contributed by atoms with Gasteiger partial charge in [-0.2, -0.15) is 17.7 Å². The van der Waals surface area contributed by atoms with E-state index in [1.54, 1.807) is 11.8 Å². The van der Waals surface area contributed by atoms with Crippen LogP contribution in [0, 0.1) is 6.92 Å². The van der Waals surface area contributed by atoms with E-state index in [0.29, 0.717) is 35.6 Å². The summed E-state index contributed by atoms with van der Waals surface area (Å²) in [4.78, 5) is 21.6. The molecule has 1 aliphatic heterocycles. The van der Waals surface area contributed by atoms with Crippen LogP contribution in [0.5, 0.6) is 0 Å². The maximum Gasteiger partial charge on any atom is 0.417 e. The maximum absolute atomic E-state index is 13.0. The third kappa shape index (κ3) is 3.52. The van der Waals surface area contributed by atoms with E-state index in [9.17, 15) is 26.7 Å². The van der Waals surface area contributed by atoms with Gasteiger partial charge >= 0.3 is 6.18 Å². The molecule has 0 N–H and O–H groups in total. The fourth-order valence-corrected chi connectivity index (χ4v) is 3.32. The molecule has 0 fully saturated rings. The van der Waals surface area contributed by atoms with E-state index in [-0.39, 0.29) is 12.2 Å². The molecule has 0 aromatic carbocycles. The molecule has 0 saturated heterocycles. The number of hydrogen-bond donors (Lipinski definition) is 0. The Hall–Kier alpha value is -3.11. The topological polar surface area (TPSA) is 63.4 Å². The second-order valence-electron chi connectivity index (χ2n) is 6.74. The molecule has 0 bridgehead atoms. The van der Waals surface area contributed by atoms with Crippen LogP contribution in [0.2, 0.25) is 0 Å². The summed E-state index contributed by atoms with van der Waals surface area (Å²) in [5, 5.41) is 4.22. The van der Waals surface area contributed by atoms with Gasteiger partial charge in [0, 0.05) is 37.5 Å². The Morgan fingerprint density at radius 3 is 2.62 bits per heavy atom. The fourth-order valence-electron chi connectivity index (χ4n) is 3.32. The average Bonchev–Trinajstić information content (AvgIpc) is 2.65. The van der Waals surface area contributed by atoms with Gasteiger partial charge in [0.1, 0.15) is 5.69 Å². The van der Waals surface area contributed by atoms with Crippen molar-refractivity contribution >= 4 is 11.5 Å². The third-order valence-corrected chi connectivity index (χ3v) is 4.72. The van der Waals surface area contributed by atoms with Gasteiger partial charge in [0.25, 0.3) is 12.0 Å². The van der Waals surface area contributed by atoms with Crippen molar-refractivity contribution in [1.82, 2.24) is 19.6 Å². The Kier molecular flexibility index (Phi) is 4.47. The summed E-state index contributed by atoms with van der Waals surface area (Å²) in [6, 6.07) is 3.23. The number of aryl methyl sites for hydroxylation is 1. The zero-order chi connectivity index (χ0) is 20.9. The highest BCUT2D eigenvalue weighted by Crippen LogP contribution is 2.32. The number of fused-ring (bicyclic) bond motifs is 2. The normalized spacial score (nSPS) is 14.5. The smallest absolute Gasteiger partial charge is 0.350 e. The van der Waals surface area contributed by atoms with Crippen molar-refractivity contribution in [2.45, 2.75) is 32.5 Å². The number of nitrogens with zero attached hydrogens (tertiary/aromatic N) is 5. The lowest BCUT2D eigenvalue weighted by atomic mass is 10.0. The van der Waals surface area contributed by atoms with E-state index in [0.717, 1.165) is 22.8 Å². The molecule has 3 aromatic rings. The molecule has 0 unspecified atom stereocenters. The summed E-state index contributed by atoms with van der Waals surface area (Å²) >= 11 is 0. The quantitative estimate of drug-likeness (QED) is 0.606. The van der Waals surface area contributed by atoms with E-state index in [4.69, 9.17) is 0 Å². The molecule has 0 spiro atoms. The van der Waals surface area contributed by atoms with Gasteiger partial charge in [0.15, 0.2) is 11.5 Å². The van der Waals surface area contributed by atoms with Crippen LogP contribution in [0.3, 0.4) is 0 Å². The van der Waals surface area contributed by atoms with Crippen molar-refractivity contribution in [2.75, 3.05) is 11.4 Å². The highest BCUT2D eigenvalue weighted by Gasteiger charge is 2.32. The number of rotatable bonds is 2. The molecule has 0 amide bonds. The summed E-state index contributed by atoms with van der Waals surface area (Å²) in [7, 11) is 0. The van der Waals surface area contributed by atoms with Crippen LogP contribution in [0.25, 0.3) is 5.65 Å². The molecular formula is C18H14F5N5O. The first-order valence-electron chi connectivity index (χ1n) is 8.63. The molecule has 0 aliphatic carbocycles. The van der Waals surface area contributed by atoms with Crippen molar-refractivity contribution in [3.63, 3.8) is 0 Å². The molecule has 0 atom stereocenters. The molecule has 0 saturated carbocycles. The van der Waals surface area contributed by atoms with Gasteiger partial charge in [-0.25, -0.2) is 13.8 Å². The van der Waals surface area contributed by atoms with Gasteiger partial charge in [0.2, 0.25) is 0 Å². The predicted molar refractivity (Wildman–Crippen MR) is 92.9 cm³/mol. The number of anilines is 1. The molecule has 1 aliphatic rings. The summed E-state index contributed by atoms with van der Waals surface area (Å²) in [6.45, 7) is 2.23. The molecule has 29 heavy (non-hydrogen) atoms. The molecule has 4 rings (SSSR count). The van der Waals surface area contributed by atoms with Gasteiger partial charge < -0.3 is 4.90 Å². The highest BCUT2D eigenvalue weighted by atomic mass is 19.4. The van der Waals surface area contributed by atoms with Crippen molar-refractivity contribution in [3.05, 3.63) is 62.8 Å². The minimum Gasteiger partial charge on any atom is -0.350 e. The maximum atomic E-state index is 13.0. The predicted octanol–water partition coefficient (Wildman–Crippen LogP) is 3.31. The van der Waals surface area contributed by atoms with Gasteiger partial charge in [-0.3, -0.25) is 9.78 Å². The lowest BCUT2D eigenvalue weighted by Crippen LogP contribution is -2.33. The van der Waals surface area contributed by atoms with Gasteiger partial charge in [-0.15, -0.1) is 5.10 Å². The van der Waals surface area contributed by atoms with E-state index in [1.807, 2.05) is 0 Å². The Bertz CT molecular complexity index is 1160. The largest absolute Gasteiger partial charge is 0.417 e. The van der Waals surface area contributed by atoms with E-state index in [1.165, 1.54) is 6.07 Å². The molecule has 3 aromatic heterocycles. The molecule has 11 heteroatoms. The van der Waals surface area contributed by atoms with Crippen LogP contribution in [-0.4, -0.2) is 26.1 Å². The summed E-state index contributed by atoms with van der Waals surface area (Å²) in [6.07, 6.45) is -6.16. The highest BCUT2D eigenvalue weighted by molar-refractivity contribution is 5.54. The van der Waals surface area contributed by atoms with E-state index in [2.05, 4.69) is 15.1 Å². The second kappa shape index (κ2) is 6.75. The second-order valence-corrected chi connectivity index (χ2v) is 6.74. The first kappa shape index (κ1) is 19.2. The fraction of sp³-hybridized carbons (Fsp3) is 0.333. The van der Waals surface area contributed by atoms with Crippen molar-refractivity contribution in [2.24, 2.45) is 0 Å². The monoisotopic (exact) mass is 411 g/mol. The Balaban J connectivity index is 1.74. The number of hydrogen-bond acceptors (Lipinski definition) is 5. The van der Waals surface area contributed by atoms with Crippen LogP contribution in [0.4, 0.5) is 27.8 Å². The van der Waals surface area contributed by atoms with E-state index < -0.39 is 29.4 Å². The molecule has 152 valence electrons. The SMILES string of the molecule is Cc1cc2nc(C(F)F)cc(=O)n2nc1N1CCc2ncc(C(F)(F)F)cc2C1. The number of alkyl halides is 5. The van der Waals surface area contributed by atoms with Crippen LogP contribution in [0.15, 0.2) is 29.2 Å². The molecular weight excluding hydrogens is 397 g/mol. The molecule has 4 heterocycles. The van der Waals surface area contributed by atoms with Gasteiger partial charge in [-0.05, 0) is 30.2 Å². The number of halogens is 5. The lowest BCUT2D eigenvalue weighted by Gasteiger charge is -2.30. The van der Waals surface area contributed by atoms with Crippen molar-refractivity contribution in [3.8, 4) is 0 Å². The molecule has 6 nitrogen and oxygen atoms in total. The first-order valence-corrected chi connectivity index (χ1v) is 8.63. The third-order valence-electron chi connectivity index (χ3n) is 4.72. The molecule has 0 radical (unpaired) electrons. The number of pyridine rings is 1. The Labute approximate surface area is 160 Å². The van der Waals surface area contributed by atoms with Crippen LogP contribution in [0.1, 0.15) is 34.5 Å². The van der Waals surface area contributed by atoms with Gasteiger partial charge in [0.05, 0.1) is 5.56 Å². The zero-order valence-electron chi connectivity index (χ0n) is 15.0. The first-order chi connectivity index (χ1) is 13.6. The van der Waals surface area contributed by atoms with Crippen LogP contribution >= 0.6 is 0 Å². The van der Waals surface area contributed by atoms with Crippen molar-refractivity contribution in [1.29, 1.82) is 0 Å². The summed E-state index contributed by atoms with van der Waals surface area (Å²) in [5.41, 5.74) is -0.689. The van der Waals surface area contributed by atoms with Crippen molar-refractivity contribution < 1.29 is 22.0 Å². The Morgan fingerprint density at radius 2 is 1.93 bits per heavy atom. The standard InChI is InChI=1S/C18H14F5N5O/c1-9-4-14-25-13(16(19)20)6-15(29)28(14)26-17(9)27-3-2-12-10(8-27)5-11(7-24-12)18(21,22)23/h4-7,16H,2-3,8H2,1H3. The van der Waals surface area contributed by atoms with Crippen LogP contribution < -0.4 is 10.5 Å². The summed E-state index contributed by atoms with van der Waals surface area (Å²) < 4.78 is 65.6. The summed E-state index contributed by atoms with van der Waals surface area (Å²) in [5.74, 6) is 0.370. The zero-order valence-corrected chi connectivity index (χ0v) is 15.0. The average molecular weight is 411 g/mol. The lowest BCUT2D eigenvalue weighted by molar-refractivity contribution is -0.137. The Morgan fingerprint density at radius 1 is 1.17 bits per heavy atom.